The Bertz CT molecular complexity index is 816. The minimum Gasteiger partial charge on any atom is -0.481 e. The molecule has 0 fully saturated rings. The van der Waals surface area contributed by atoms with Gasteiger partial charge in [-0.25, -0.2) is 4.79 Å². The number of hydrogen-bond acceptors (Lipinski definition) is 8. The van der Waals surface area contributed by atoms with Crippen LogP contribution in [0.3, 0.4) is 0 Å². The number of rotatable bonds is 17. The number of hydrogen-bond donors (Lipinski definition) is 8. The number of amides is 4. The van der Waals surface area contributed by atoms with E-state index in [2.05, 4.69) is 16.0 Å². The Morgan fingerprint density at radius 1 is 0.686 bits per heavy atom. The van der Waals surface area contributed by atoms with Crippen molar-refractivity contribution >= 4 is 41.5 Å². The van der Waals surface area contributed by atoms with E-state index in [9.17, 15) is 38.7 Å². The fraction of sp³-hybridized carbons (Fsp3) is 0.650. The van der Waals surface area contributed by atoms with Crippen molar-refractivity contribution in [2.75, 3.05) is 0 Å². The van der Waals surface area contributed by atoms with Crippen LogP contribution in [0.15, 0.2) is 0 Å². The molecular formula is C20H33N5O10. The minimum absolute atomic E-state index is 0.181. The monoisotopic (exact) mass is 503 g/mol. The van der Waals surface area contributed by atoms with E-state index >= 15 is 0 Å². The normalized spacial score (nSPS) is 14.2. The number of aliphatic carboxylic acids is 3. The first-order chi connectivity index (χ1) is 16.1. The molecule has 198 valence electrons. The summed E-state index contributed by atoms with van der Waals surface area (Å²) in [7, 11) is 0. The Balaban J connectivity index is 5.49. The number of primary amides is 1. The van der Waals surface area contributed by atoms with Gasteiger partial charge < -0.3 is 42.7 Å². The number of carboxylic acid groups (broad SMARTS) is 3. The van der Waals surface area contributed by atoms with Gasteiger partial charge in [0.25, 0.3) is 0 Å². The zero-order valence-corrected chi connectivity index (χ0v) is 19.5. The van der Waals surface area contributed by atoms with Gasteiger partial charge in [-0.15, -0.1) is 0 Å². The van der Waals surface area contributed by atoms with Crippen molar-refractivity contribution in [2.24, 2.45) is 17.4 Å². The molecule has 10 N–H and O–H groups in total. The van der Waals surface area contributed by atoms with E-state index in [1.807, 2.05) is 0 Å². The molecule has 0 spiro atoms. The molecule has 0 aromatic rings. The predicted molar refractivity (Wildman–Crippen MR) is 118 cm³/mol. The van der Waals surface area contributed by atoms with Gasteiger partial charge in [-0.3, -0.25) is 28.8 Å². The van der Waals surface area contributed by atoms with Gasteiger partial charge in [-0.1, -0.05) is 13.8 Å². The molecule has 15 heteroatoms. The Morgan fingerprint density at radius 3 is 1.63 bits per heavy atom. The third-order valence-corrected chi connectivity index (χ3v) is 4.83. The zero-order chi connectivity index (χ0) is 27.3. The quantitative estimate of drug-likeness (QED) is 0.103. The summed E-state index contributed by atoms with van der Waals surface area (Å²) in [5.41, 5.74) is 10.6. The maximum Gasteiger partial charge on any atom is 0.326 e. The Labute approximate surface area is 201 Å². The van der Waals surface area contributed by atoms with E-state index in [-0.39, 0.29) is 25.7 Å². The summed E-state index contributed by atoms with van der Waals surface area (Å²) in [6.45, 7) is 3.15. The van der Waals surface area contributed by atoms with E-state index in [1.54, 1.807) is 13.8 Å². The molecule has 0 bridgehead atoms. The molecule has 15 nitrogen and oxygen atoms in total. The summed E-state index contributed by atoms with van der Waals surface area (Å²) in [6, 6.07) is -5.43. The SMILES string of the molecule is CC(C)C(NC(=O)C(N)CCC(=O)O)C(=O)NC(CCC(=O)O)C(=O)NC(CCC(N)=O)C(=O)O. The van der Waals surface area contributed by atoms with Crippen molar-refractivity contribution in [3.8, 4) is 0 Å². The lowest BCUT2D eigenvalue weighted by Crippen LogP contribution is -2.58. The smallest absolute Gasteiger partial charge is 0.326 e. The van der Waals surface area contributed by atoms with Gasteiger partial charge >= 0.3 is 17.9 Å². The second-order valence-corrected chi connectivity index (χ2v) is 8.17. The molecule has 0 saturated heterocycles. The van der Waals surface area contributed by atoms with Crippen LogP contribution in [0.5, 0.6) is 0 Å². The van der Waals surface area contributed by atoms with E-state index < -0.39 is 84.5 Å². The molecule has 0 aliphatic heterocycles. The van der Waals surface area contributed by atoms with Gasteiger partial charge in [-0.2, -0.15) is 0 Å². The molecule has 0 heterocycles. The van der Waals surface area contributed by atoms with Crippen molar-refractivity contribution in [1.82, 2.24) is 16.0 Å². The highest BCUT2D eigenvalue weighted by Gasteiger charge is 2.32. The molecule has 4 unspecified atom stereocenters. The highest BCUT2D eigenvalue weighted by Crippen LogP contribution is 2.07. The number of carbonyl (C=O) groups is 7. The number of carbonyl (C=O) groups excluding carboxylic acids is 4. The first-order valence-corrected chi connectivity index (χ1v) is 10.8. The third-order valence-electron chi connectivity index (χ3n) is 4.83. The molecule has 0 radical (unpaired) electrons. The molecule has 0 saturated carbocycles. The van der Waals surface area contributed by atoms with Gasteiger partial charge in [0.15, 0.2) is 0 Å². The average molecular weight is 504 g/mol. The van der Waals surface area contributed by atoms with Crippen LogP contribution in [0.1, 0.15) is 52.4 Å². The topological polar surface area (TPSA) is 268 Å². The van der Waals surface area contributed by atoms with Crippen LogP contribution < -0.4 is 27.4 Å². The summed E-state index contributed by atoms with van der Waals surface area (Å²) in [6.07, 6.45) is -2.16. The van der Waals surface area contributed by atoms with Gasteiger partial charge in [0.05, 0.1) is 6.04 Å². The lowest BCUT2D eigenvalue weighted by molar-refractivity contribution is -0.143. The second kappa shape index (κ2) is 15.2. The van der Waals surface area contributed by atoms with E-state index in [0.717, 1.165) is 0 Å². The predicted octanol–water partition coefficient (Wildman–Crippen LogP) is -2.50. The molecule has 0 aliphatic rings. The number of nitrogens with two attached hydrogens (primary N) is 2. The van der Waals surface area contributed by atoms with E-state index in [1.165, 1.54) is 0 Å². The van der Waals surface area contributed by atoms with Crippen LogP contribution in [-0.2, 0) is 33.6 Å². The van der Waals surface area contributed by atoms with Crippen molar-refractivity contribution in [2.45, 2.75) is 76.5 Å². The lowest BCUT2D eigenvalue weighted by Gasteiger charge is -2.26. The van der Waals surface area contributed by atoms with Crippen molar-refractivity contribution in [1.29, 1.82) is 0 Å². The van der Waals surface area contributed by atoms with Crippen LogP contribution in [0, 0.1) is 5.92 Å². The highest BCUT2D eigenvalue weighted by molar-refractivity contribution is 5.94. The summed E-state index contributed by atoms with van der Waals surface area (Å²) in [4.78, 5) is 81.8. The summed E-state index contributed by atoms with van der Waals surface area (Å²) in [5.74, 6) is -7.89. The third kappa shape index (κ3) is 12.9. The fourth-order valence-electron chi connectivity index (χ4n) is 2.82. The van der Waals surface area contributed by atoms with Crippen LogP contribution in [0.25, 0.3) is 0 Å². The van der Waals surface area contributed by atoms with Gasteiger partial charge in [0.2, 0.25) is 23.6 Å². The van der Waals surface area contributed by atoms with Crippen LogP contribution in [0.4, 0.5) is 0 Å². The zero-order valence-electron chi connectivity index (χ0n) is 19.5. The molecule has 0 aromatic carbocycles. The minimum atomic E-state index is -1.52. The van der Waals surface area contributed by atoms with Gasteiger partial charge in [0, 0.05) is 19.3 Å². The van der Waals surface area contributed by atoms with Crippen molar-refractivity contribution in [3.05, 3.63) is 0 Å². The standard InChI is InChI=1S/C20H33N5O10/c1-9(2)16(25-17(31)10(21)3-7-14(27)28)19(33)23-11(5-8-15(29)30)18(32)24-12(20(34)35)4-6-13(22)26/h9-12,16H,3-8,21H2,1-2H3,(H2,22,26)(H,23,33)(H,24,32)(H,25,31)(H,27,28)(H,29,30)(H,34,35). The van der Waals surface area contributed by atoms with Gasteiger partial charge in [0.1, 0.15) is 18.1 Å². The number of carboxylic acids is 3. The summed E-state index contributed by atoms with van der Waals surface area (Å²) < 4.78 is 0. The van der Waals surface area contributed by atoms with E-state index in [4.69, 9.17) is 21.7 Å². The van der Waals surface area contributed by atoms with Crippen molar-refractivity contribution in [3.63, 3.8) is 0 Å². The molecule has 0 aromatic heterocycles. The molecular weight excluding hydrogens is 470 g/mol. The Kier molecular flexibility index (Phi) is 13.6. The molecule has 35 heavy (non-hydrogen) atoms. The van der Waals surface area contributed by atoms with Crippen LogP contribution in [-0.4, -0.2) is 81.0 Å². The first kappa shape index (κ1) is 31.2. The fourth-order valence-corrected chi connectivity index (χ4v) is 2.82. The maximum atomic E-state index is 12.8. The molecule has 4 amide bonds. The lowest BCUT2D eigenvalue weighted by atomic mass is 10.0. The van der Waals surface area contributed by atoms with Gasteiger partial charge in [-0.05, 0) is 25.2 Å². The highest BCUT2D eigenvalue weighted by atomic mass is 16.4. The molecule has 0 aliphatic carbocycles. The van der Waals surface area contributed by atoms with E-state index in [0.29, 0.717) is 0 Å². The maximum absolute atomic E-state index is 12.8. The molecule has 0 rings (SSSR count). The summed E-state index contributed by atoms with van der Waals surface area (Å²) >= 11 is 0. The summed E-state index contributed by atoms with van der Waals surface area (Å²) in [5, 5.41) is 33.8. The Hall–Kier alpha value is -3.75. The van der Waals surface area contributed by atoms with Crippen LogP contribution >= 0.6 is 0 Å². The second-order valence-electron chi connectivity index (χ2n) is 8.17. The van der Waals surface area contributed by atoms with Crippen molar-refractivity contribution < 1.29 is 48.9 Å². The first-order valence-electron chi connectivity index (χ1n) is 10.8. The molecule has 4 atom stereocenters. The number of nitrogens with one attached hydrogen (secondary N) is 3. The van der Waals surface area contributed by atoms with Crippen LogP contribution in [0.2, 0.25) is 0 Å². The Morgan fingerprint density at radius 2 is 1.17 bits per heavy atom. The largest absolute Gasteiger partial charge is 0.481 e. The average Bonchev–Trinajstić information content (AvgIpc) is 2.74.